The minimum atomic E-state index is -0.685. The van der Waals surface area contributed by atoms with Crippen molar-refractivity contribution in [3.63, 3.8) is 0 Å². The van der Waals surface area contributed by atoms with Crippen LogP contribution in [0.5, 0.6) is 5.75 Å². The number of aliphatic hydroxyl groups excluding tert-OH is 1. The van der Waals surface area contributed by atoms with Gasteiger partial charge in [0.25, 0.3) is 0 Å². The number of hydrogen-bond acceptors (Lipinski definition) is 5. The number of aliphatic hydroxyl groups is 1. The summed E-state index contributed by atoms with van der Waals surface area (Å²) in [5.74, 6) is -0.450. The number of benzene rings is 1. The number of phenols is 1. The Hall–Kier alpha value is -0.890. The van der Waals surface area contributed by atoms with Gasteiger partial charge in [-0.25, -0.2) is 0 Å². The van der Waals surface area contributed by atoms with Gasteiger partial charge in [-0.15, -0.1) is 12.4 Å². The van der Waals surface area contributed by atoms with Crippen molar-refractivity contribution < 1.29 is 15.1 Å². The van der Waals surface area contributed by atoms with Gasteiger partial charge < -0.3 is 15.9 Å². The highest BCUT2D eigenvalue weighted by atomic mass is 79.9. The maximum Gasteiger partial charge on any atom is 0.312 e. The molecule has 1 aromatic carbocycles. The van der Waals surface area contributed by atoms with Gasteiger partial charge in [-0.2, -0.15) is 0 Å². The van der Waals surface area contributed by atoms with E-state index in [2.05, 4.69) is 15.9 Å². The standard InChI is InChI=1S/C9H11BrN2O4.ClH/c10-5-3-6(7(11)1-2-13)9(14)8(4-5)12(15)16;/h3-4,7,13-14H,1-2,11H2;1H/t7-;/m1./s1. The first-order valence-electron chi connectivity index (χ1n) is 4.50. The predicted octanol–water partition coefficient (Wildman–Crippen LogP) is 1.87. The van der Waals surface area contributed by atoms with Crippen LogP contribution in [0.15, 0.2) is 16.6 Å². The van der Waals surface area contributed by atoms with Crippen molar-refractivity contribution in [2.75, 3.05) is 6.61 Å². The summed E-state index contributed by atoms with van der Waals surface area (Å²) in [6.45, 7) is -0.152. The van der Waals surface area contributed by atoms with Crippen molar-refractivity contribution in [1.82, 2.24) is 0 Å². The van der Waals surface area contributed by atoms with E-state index >= 15 is 0 Å². The second-order valence-electron chi connectivity index (χ2n) is 3.24. The molecule has 0 radical (unpaired) electrons. The lowest BCUT2D eigenvalue weighted by atomic mass is 10.0. The average Bonchev–Trinajstić information content (AvgIpc) is 2.20. The monoisotopic (exact) mass is 326 g/mol. The number of phenolic OH excluding ortho intramolecular Hbond substituents is 1. The molecule has 0 aliphatic rings. The van der Waals surface area contributed by atoms with E-state index in [1.54, 1.807) is 0 Å². The average molecular weight is 328 g/mol. The van der Waals surface area contributed by atoms with E-state index in [1.807, 2.05) is 0 Å². The van der Waals surface area contributed by atoms with Crippen LogP contribution in [0.3, 0.4) is 0 Å². The summed E-state index contributed by atoms with van der Waals surface area (Å²) in [6, 6.07) is 2.06. The molecular formula is C9H12BrClN2O4. The molecule has 4 N–H and O–H groups in total. The molecule has 0 aliphatic carbocycles. The van der Waals surface area contributed by atoms with Crippen LogP contribution < -0.4 is 5.73 Å². The Balaban J connectivity index is 0.00000256. The lowest BCUT2D eigenvalue weighted by molar-refractivity contribution is -0.386. The molecular weight excluding hydrogens is 315 g/mol. The normalized spacial score (nSPS) is 11.7. The third-order valence-corrected chi connectivity index (χ3v) is 2.58. The van der Waals surface area contributed by atoms with E-state index in [9.17, 15) is 15.2 Å². The van der Waals surface area contributed by atoms with E-state index in [0.29, 0.717) is 4.47 Å². The van der Waals surface area contributed by atoms with Crippen LogP contribution in [0.1, 0.15) is 18.0 Å². The van der Waals surface area contributed by atoms with Gasteiger partial charge in [0, 0.05) is 28.8 Å². The van der Waals surface area contributed by atoms with E-state index in [0.717, 1.165) is 0 Å². The SMILES string of the molecule is Cl.N[C@H](CCO)c1cc(Br)cc([N+](=O)[O-])c1O. The molecule has 0 aromatic heterocycles. The number of hydrogen-bond donors (Lipinski definition) is 3. The van der Waals surface area contributed by atoms with E-state index in [1.165, 1.54) is 12.1 Å². The summed E-state index contributed by atoms with van der Waals surface area (Å²) in [5, 5.41) is 29.0. The summed E-state index contributed by atoms with van der Waals surface area (Å²) in [4.78, 5) is 9.96. The molecule has 1 atom stereocenters. The van der Waals surface area contributed by atoms with Crippen LogP contribution in [-0.2, 0) is 0 Å². The van der Waals surface area contributed by atoms with Crippen LogP contribution in [0.25, 0.3) is 0 Å². The van der Waals surface area contributed by atoms with Crippen molar-refractivity contribution in [3.8, 4) is 5.75 Å². The van der Waals surface area contributed by atoms with Gasteiger partial charge in [-0.05, 0) is 12.5 Å². The van der Waals surface area contributed by atoms with Gasteiger partial charge in [-0.1, -0.05) is 15.9 Å². The van der Waals surface area contributed by atoms with Crippen molar-refractivity contribution in [2.45, 2.75) is 12.5 Å². The fourth-order valence-corrected chi connectivity index (χ4v) is 1.79. The summed E-state index contributed by atoms with van der Waals surface area (Å²) in [6.07, 6.45) is 0.223. The number of nitro benzene ring substituents is 1. The molecule has 6 nitrogen and oxygen atoms in total. The summed E-state index contributed by atoms with van der Waals surface area (Å²) >= 11 is 3.10. The maximum atomic E-state index is 10.6. The van der Waals surface area contributed by atoms with Gasteiger partial charge in [0.05, 0.1) is 4.92 Å². The summed E-state index contributed by atoms with van der Waals surface area (Å²) in [7, 11) is 0. The first kappa shape index (κ1) is 16.1. The van der Waals surface area contributed by atoms with Gasteiger partial charge >= 0.3 is 5.69 Å². The van der Waals surface area contributed by atoms with Gasteiger partial charge in [0.15, 0.2) is 5.75 Å². The van der Waals surface area contributed by atoms with Crippen LogP contribution in [-0.4, -0.2) is 21.7 Å². The number of nitrogens with zero attached hydrogens (tertiary/aromatic N) is 1. The zero-order valence-corrected chi connectivity index (χ0v) is 11.1. The smallest absolute Gasteiger partial charge is 0.312 e. The molecule has 0 saturated carbocycles. The molecule has 0 fully saturated rings. The fourth-order valence-electron chi connectivity index (χ4n) is 1.32. The van der Waals surface area contributed by atoms with Crippen molar-refractivity contribution in [1.29, 1.82) is 0 Å². The Bertz CT molecular complexity index is 416. The maximum absolute atomic E-state index is 10.6. The Morgan fingerprint density at radius 2 is 2.12 bits per heavy atom. The minimum Gasteiger partial charge on any atom is -0.502 e. The summed E-state index contributed by atoms with van der Waals surface area (Å²) < 4.78 is 0.459. The molecule has 1 rings (SSSR count). The molecule has 0 amide bonds. The molecule has 0 spiro atoms. The van der Waals surface area contributed by atoms with Gasteiger partial charge in [0.2, 0.25) is 0 Å². The number of nitro groups is 1. The molecule has 96 valence electrons. The fraction of sp³-hybridized carbons (Fsp3) is 0.333. The van der Waals surface area contributed by atoms with E-state index in [4.69, 9.17) is 10.8 Å². The minimum absolute atomic E-state index is 0. The van der Waals surface area contributed by atoms with E-state index < -0.39 is 22.4 Å². The number of rotatable bonds is 4. The topological polar surface area (TPSA) is 110 Å². The summed E-state index contributed by atoms with van der Waals surface area (Å²) in [5.41, 5.74) is 5.52. The largest absolute Gasteiger partial charge is 0.502 e. The van der Waals surface area contributed by atoms with E-state index in [-0.39, 0.29) is 31.0 Å². The Labute approximate surface area is 112 Å². The molecule has 8 heteroatoms. The third-order valence-electron chi connectivity index (χ3n) is 2.12. The second-order valence-corrected chi connectivity index (χ2v) is 4.15. The highest BCUT2D eigenvalue weighted by Crippen LogP contribution is 2.36. The highest BCUT2D eigenvalue weighted by Gasteiger charge is 2.21. The molecule has 0 unspecified atom stereocenters. The lowest BCUT2D eigenvalue weighted by Crippen LogP contribution is -2.12. The number of halogens is 2. The first-order valence-corrected chi connectivity index (χ1v) is 5.30. The Morgan fingerprint density at radius 1 is 1.53 bits per heavy atom. The van der Waals surface area contributed by atoms with Crippen molar-refractivity contribution in [3.05, 3.63) is 32.3 Å². The quantitative estimate of drug-likeness (QED) is 0.577. The molecule has 17 heavy (non-hydrogen) atoms. The third kappa shape index (κ3) is 3.81. The van der Waals surface area contributed by atoms with Crippen molar-refractivity contribution >= 4 is 34.0 Å². The number of nitrogens with two attached hydrogens (primary N) is 1. The highest BCUT2D eigenvalue weighted by molar-refractivity contribution is 9.10. The zero-order valence-electron chi connectivity index (χ0n) is 8.67. The molecule has 0 bridgehead atoms. The van der Waals surface area contributed by atoms with Gasteiger partial charge in [0.1, 0.15) is 0 Å². The molecule has 0 aliphatic heterocycles. The van der Waals surface area contributed by atoms with Crippen LogP contribution in [0.2, 0.25) is 0 Å². The zero-order chi connectivity index (χ0) is 12.3. The van der Waals surface area contributed by atoms with Crippen LogP contribution in [0, 0.1) is 10.1 Å². The Kier molecular flexibility index (Phi) is 6.40. The van der Waals surface area contributed by atoms with Crippen LogP contribution in [0.4, 0.5) is 5.69 Å². The predicted molar refractivity (Wildman–Crippen MR) is 68.3 cm³/mol. The Morgan fingerprint density at radius 3 is 2.59 bits per heavy atom. The first-order chi connectivity index (χ1) is 7.47. The molecule has 0 heterocycles. The lowest BCUT2D eigenvalue weighted by Gasteiger charge is -2.12. The number of aromatic hydroxyl groups is 1. The second kappa shape index (κ2) is 6.75. The molecule has 0 saturated heterocycles. The van der Waals surface area contributed by atoms with Gasteiger partial charge in [-0.3, -0.25) is 10.1 Å². The van der Waals surface area contributed by atoms with Crippen LogP contribution >= 0.6 is 28.3 Å². The van der Waals surface area contributed by atoms with Crippen molar-refractivity contribution in [2.24, 2.45) is 5.73 Å². The molecule has 1 aromatic rings.